The van der Waals surface area contributed by atoms with Crippen LogP contribution in [-0.2, 0) is 20.8 Å². The molecule has 8 heteroatoms. The second-order valence-electron chi connectivity index (χ2n) is 4.51. The SMILES string of the molecule is CCOc1ccc(NS(=O)(=O)N2CCOCC2)cc1CCl. The Hall–Kier alpha value is -1.02. The van der Waals surface area contributed by atoms with Crippen LogP contribution < -0.4 is 9.46 Å². The fraction of sp³-hybridized carbons (Fsp3) is 0.538. The Morgan fingerprint density at radius 2 is 2.10 bits per heavy atom. The van der Waals surface area contributed by atoms with Crippen molar-refractivity contribution in [2.75, 3.05) is 37.6 Å². The maximum atomic E-state index is 12.3. The minimum absolute atomic E-state index is 0.252. The highest BCUT2D eigenvalue weighted by Gasteiger charge is 2.24. The lowest BCUT2D eigenvalue weighted by Gasteiger charge is -2.26. The van der Waals surface area contributed by atoms with Crippen LogP contribution >= 0.6 is 11.6 Å². The number of anilines is 1. The molecular formula is C13H19ClN2O4S. The van der Waals surface area contributed by atoms with E-state index in [0.717, 1.165) is 5.56 Å². The molecule has 6 nitrogen and oxygen atoms in total. The molecule has 0 spiro atoms. The maximum Gasteiger partial charge on any atom is 0.301 e. The van der Waals surface area contributed by atoms with Crippen molar-refractivity contribution in [1.82, 2.24) is 4.31 Å². The van der Waals surface area contributed by atoms with Crippen molar-refractivity contribution in [3.05, 3.63) is 23.8 Å². The van der Waals surface area contributed by atoms with E-state index < -0.39 is 10.2 Å². The number of hydrogen-bond acceptors (Lipinski definition) is 4. The van der Waals surface area contributed by atoms with E-state index in [9.17, 15) is 8.42 Å². The standard InChI is InChI=1S/C13H19ClN2O4S/c1-2-20-13-4-3-12(9-11(13)10-14)15-21(17,18)16-5-7-19-8-6-16/h3-4,9,15H,2,5-8,10H2,1H3. The molecule has 1 heterocycles. The van der Waals surface area contributed by atoms with Crippen molar-refractivity contribution in [2.45, 2.75) is 12.8 Å². The molecule has 1 saturated heterocycles. The number of alkyl halides is 1. The molecule has 1 fully saturated rings. The van der Waals surface area contributed by atoms with Crippen molar-refractivity contribution in [1.29, 1.82) is 0 Å². The summed E-state index contributed by atoms with van der Waals surface area (Å²) in [6.45, 7) is 3.95. The molecule has 1 N–H and O–H groups in total. The van der Waals surface area contributed by atoms with Crippen LogP contribution in [0.2, 0.25) is 0 Å². The Balaban J connectivity index is 2.14. The average molecular weight is 335 g/mol. The van der Waals surface area contributed by atoms with Crippen molar-refractivity contribution >= 4 is 27.5 Å². The van der Waals surface area contributed by atoms with Crippen molar-refractivity contribution in [3.8, 4) is 5.75 Å². The van der Waals surface area contributed by atoms with Crippen LogP contribution in [0.1, 0.15) is 12.5 Å². The van der Waals surface area contributed by atoms with Gasteiger partial charge in [0.05, 0.1) is 31.4 Å². The highest BCUT2D eigenvalue weighted by molar-refractivity contribution is 7.90. The molecule has 0 amide bonds. The Morgan fingerprint density at radius 1 is 1.38 bits per heavy atom. The van der Waals surface area contributed by atoms with E-state index in [-0.39, 0.29) is 5.88 Å². The van der Waals surface area contributed by atoms with Crippen LogP contribution in [-0.4, -0.2) is 45.6 Å². The third-order valence-corrected chi connectivity index (χ3v) is 4.89. The van der Waals surface area contributed by atoms with Crippen molar-refractivity contribution < 1.29 is 17.9 Å². The Bertz CT molecular complexity index is 574. The average Bonchev–Trinajstić information content (AvgIpc) is 2.49. The van der Waals surface area contributed by atoms with Crippen LogP contribution in [0, 0.1) is 0 Å². The molecule has 0 aromatic heterocycles. The van der Waals surface area contributed by atoms with E-state index in [4.69, 9.17) is 21.1 Å². The van der Waals surface area contributed by atoms with Crippen molar-refractivity contribution in [3.63, 3.8) is 0 Å². The number of morpholine rings is 1. The highest BCUT2D eigenvalue weighted by atomic mass is 35.5. The zero-order valence-corrected chi connectivity index (χ0v) is 13.4. The van der Waals surface area contributed by atoms with Gasteiger partial charge in [0.15, 0.2) is 0 Å². The number of nitrogens with one attached hydrogen (secondary N) is 1. The minimum atomic E-state index is -3.57. The van der Waals surface area contributed by atoms with Crippen LogP contribution in [0.15, 0.2) is 18.2 Å². The Labute approximate surface area is 130 Å². The van der Waals surface area contributed by atoms with Gasteiger partial charge in [-0.3, -0.25) is 4.72 Å². The van der Waals surface area contributed by atoms with Gasteiger partial charge in [0.25, 0.3) is 0 Å². The molecular weight excluding hydrogens is 316 g/mol. The third-order valence-electron chi connectivity index (χ3n) is 3.06. The van der Waals surface area contributed by atoms with E-state index >= 15 is 0 Å². The summed E-state index contributed by atoms with van der Waals surface area (Å²) >= 11 is 5.88. The van der Waals surface area contributed by atoms with Gasteiger partial charge in [0.1, 0.15) is 5.75 Å². The first kappa shape index (κ1) is 16.4. The summed E-state index contributed by atoms with van der Waals surface area (Å²) in [7, 11) is -3.57. The van der Waals surface area contributed by atoms with Gasteiger partial charge in [0, 0.05) is 18.7 Å². The van der Waals surface area contributed by atoms with Gasteiger partial charge in [-0.1, -0.05) is 0 Å². The van der Waals surface area contributed by atoms with Crippen LogP contribution in [0.5, 0.6) is 5.75 Å². The summed E-state index contributed by atoms with van der Waals surface area (Å²) in [5.74, 6) is 0.921. The molecule has 0 aliphatic carbocycles. The summed E-state index contributed by atoms with van der Waals surface area (Å²) < 4.78 is 39.0. The predicted molar refractivity (Wildman–Crippen MR) is 82.1 cm³/mol. The van der Waals surface area contributed by atoms with Gasteiger partial charge >= 0.3 is 10.2 Å². The molecule has 21 heavy (non-hydrogen) atoms. The number of ether oxygens (including phenoxy) is 2. The maximum absolute atomic E-state index is 12.3. The number of hydrogen-bond donors (Lipinski definition) is 1. The van der Waals surface area contributed by atoms with E-state index in [1.54, 1.807) is 18.2 Å². The van der Waals surface area contributed by atoms with E-state index in [1.807, 2.05) is 6.92 Å². The molecule has 118 valence electrons. The smallest absolute Gasteiger partial charge is 0.301 e. The minimum Gasteiger partial charge on any atom is -0.494 e. The summed E-state index contributed by atoms with van der Waals surface area (Å²) in [5, 5.41) is 0. The lowest BCUT2D eigenvalue weighted by molar-refractivity contribution is 0.0733. The lowest BCUT2D eigenvalue weighted by Crippen LogP contribution is -2.43. The summed E-state index contributed by atoms with van der Waals surface area (Å²) in [4.78, 5) is 0. The predicted octanol–water partition coefficient (Wildman–Crippen LogP) is 1.81. The van der Waals surface area contributed by atoms with Crippen LogP contribution in [0.25, 0.3) is 0 Å². The van der Waals surface area contributed by atoms with Gasteiger partial charge in [-0.05, 0) is 25.1 Å². The molecule has 1 aliphatic rings. The molecule has 0 atom stereocenters. The number of benzene rings is 1. The van der Waals surface area contributed by atoms with E-state index in [2.05, 4.69) is 4.72 Å². The third kappa shape index (κ3) is 4.23. The summed E-state index contributed by atoms with van der Waals surface area (Å²) in [6, 6.07) is 5.08. The monoisotopic (exact) mass is 334 g/mol. The second-order valence-corrected chi connectivity index (χ2v) is 6.45. The van der Waals surface area contributed by atoms with E-state index in [0.29, 0.717) is 44.3 Å². The topological polar surface area (TPSA) is 67.9 Å². The fourth-order valence-corrected chi connectivity index (χ4v) is 3.44. The normalized spacial score (nSPS) is 16.7. The van der Waals surface area contributed by atoms with Gasteiger partial charge in [-0.2, -0.15) is 12.7 Å². The molecule has 0 saturated carbocycles. The number of halogens is 1. The number of nitrogens with zero attached hydrogens (tertiary/aromatic N) is 1. The zero-order valence-electron chi connectivity index (χ0n) is 11.8. The molecule has 1 aromatic carbocycles. The second kappa shape index (κ2) is 7.31. The largest absolute Gasteiger partial charge is 0.494 e. The van der Waals surface area contributed by atoms with Gasteiger partial charge in [-0.25, -0.2) is 0 Å². The molecule has 1 aromatic rings. The quantitative estimate of drug-likeness (QED) is 0.806. The van der Waals surface area contributed by atoms with Gasteiger partial charge in [-0.15, -0.1) is 11.6 Å². The fourth-order valence-electron chi connectivity index (χ4n) is 2.04. The summed E-state index contributed by atoms with van der Waals surface area (Å²) in [6.07, 6.45) is 0. The van der Waals surface area contributed by atoms with Gasteiger partial charge < -0.3 is 9.47 Å². The Morgan fingerprint density at radius 3 is 2.71 bits per heavy atom. The molecule has 0 unspecified atom stereocenters. The highest BCUT2D eigenvalue weighted by Crippen LogP contribution is 2.25. The van der Waals surface area contributed by atoms with Gasteiger partial charge in [0.2, 0.25) is 0 Å². The zero-order chi connectivity index (χ0) is 15.3. The summed E-state index contributed by atoms with van der Waals surface area (Å²) in [5.41, 5.74) is 1.22. The molecule has 2 rings (SSSR count). The first-order chi connectivity index (χ1) is 10.1. The lowest BCUT2D eigenvalue weighted by atomic mass is 10.2. The Kier molecular flexibility index (Phi) is 5.69. The van der Waals surface area contributed by atoms with Crippen molar-refractivity contribution in [2.24, 2.45) is 0 Å². The first-order valence-corrected chi connectivity index (χ1v) is 8.71. The molecule has 1 aliphatic heterocycles. The first-order valence-electron chi connectivity index (χ1n) is 6.74. The van der Waals surface area contributed by atoms with Crippen LogP contribution in [0.4, 0.5) is 5.69 Å². The van der Waals surface area contributed by atoms with E-state index in [1.165, 1.54) is 4.31 Å². The number of rotatable bonds is 6. The molecule has 0 bridgehead atoms. The van der Waals surface area contributed by atoms with Crippen LogP contribution in [0.3, 0.4) is 0 Å². The molecule has 0 radical (unpaired) electrons.